The van der Waals surface area contributed by atoms with Crippen LogP contribution in [-0.4, -0.2) is 64.6 Å². The summed E-state index contributed by atoms with van der Waals surface area (Å²) in [7, 11) is 0. The highest BCUT2D eigenvalue weighted by molar-refractivity contribution is 5.92. The van der Waals surface area contributed by atoms with Crippen LogP contribution < -0.4 is 27.8 Å². The molecule has 0 bridgehead atoms. The smallest absolute Gasteiger partial charge is 0.326 e. The molecule has 0 heterocycles. The number of amides is 2. The summed E-state index contributed by atoms with van der Waals surface area (Å²) in [6, 6.07) is 5.29. The van der Waals surface area contributed by atoms with Gasteiger partial charge in [-0.15, -0.1) is 0 Å². The third-order valence-corrected chi connectivity index (χ3v) is 4.48. The molecule has 1 aromatic rings. The average Bonchev–Trinajstić information content (AvgIpc) is 2.73. The highest BCUT2D eigenvalue weighted by atomic mass is 16.4. The number of hydrogen-bond acceptors (Lipinski definition) is 6. The summed E-state index contributed by atoms with van der Waals surface area (Å²) >= 11 is 0. The lowest BCUT2D eigenvalue weighted by Crippen LogP contribution is -2.54. The molecule has 0 saturated heterocycles. The molecular formula is C20H30N6O6. The zero-order valence-electron chi connectivity index (χ0n) is 17.6. The Kier molecular flexibility index (Phi) is 11.2. The molecule has 1 rings (SSSR count). The summed E-state index contributed by atoms with van der Waals surface area (Å²) in [5.74, 6) is -3.89. The number of nitrogens with one attached hydrogen (secondary N) is 2. The molecule has 176 valence electrons. The Bertz CT molecular complexity index is 812. The van der Waals surface area contributed by atoms with E-state index in [0.29, 0.717) is 12.0 Å². The van der Waals surface area contributed by atoms with E-state index in [-0.39, 0.29) is 38.2 Å². The van der Waals surface area contributed by atoms with Crippen molar-refractivity contribution in [2.24, 2.45) is 22.2 Å². The van der Waals surface area contributed by atoms with Crippen molar-refractivity contribution in [2.45, 2.75) is 50.2 Å². The van der Waals surface area contributed by atoms with Crippen LogP contribution in [0.4, 0.5) is 0 Å². The maximum absolute atomic E-state index is 12.8. The predicted octanol–water partition coefficient (Wildman–Crippen LogP) is -1.47. The number of carbonyl (C=O) groups excluding carboxylic acids is 2. The fourth-order valence-electron chi connectivity index (χ4n) is 2.78. The minimum absolute atomic E-state index is 0.0503. The largest absolute Gasteiger partial charge is 0.481 e. The van der Waals surface area contributed by atoms with Gasteiger partial charge in [0.1, 0.15) is 12.1 Å². The number of hydrogen-bond donors (Lipinski definition) is 7. The summed E-state index contributed by atoms with van der Waals surface area (Å²) in [6.07, 6.45) is 0.0484. The molecule has 3 unspecified atom stereocenters. The Morgan fingerprint density at radius 1 is 0.938 bits per heavy atom. The maximum atomic E-state index is 12.8. The summed E-state index contributed by atoms with van der Waals surface area (Å²) in [5, 5.41) is 23.1. The van der Waals surface area contributed by atoms with Crippen LogP contribution in [0.5, 0.6) is 0 Å². The van der Waals surface area contributed by atoms with Gasteiger partial charge in [0.2, 0.25) is 11.8 Å². The van der Waals surface area contributed by atoms with Crippen molar-refractivity contribution in [3.05, 3.63) is 35.9 Å². The first-order chi connectivity index (χ1) is 15.1. The van der Waals surface area contributed by atoms with Crippen molar-refractivity contribution in [3.8, 4) is 0 Å². The van der Waals surface area contributed by atoms with E-state index in [0.717, 1.165) is 0 Å². The van der Waals surface area contributed by atoms with Gasteiger partial charge in [-0.05, 0) is 24.8 Å². The summed E-state index contributed by atoms with van der Waals surface area (Å²) in [5.41, 5.74) is 17.0. The number of benzene rings is 1. The number of carbonyl (C=O) groups is 4. The SMILES string of the molecule is NC(N)=NCCCC(NC(=O)C(N)CCC(=O)O)C(=O)NC(Cc1ccccc1)C(=O)O. The van der Waals surface area contributed by atoms with E-state index in [9.17, 15) is 24.3 Å². The molecule has 0 spiro atoms. The molecule has 0 aliphatic rings. The van der Waals surface area contributed by atoms with Gasteiger partial charge in [-0.3, -0.25) is 19.4 Å². The number of nitrogens with zero attached hydrogens (tertiary/aromatic N) is 1. The molecule has 3 atom stereocenters. The van der Waals surface area contributed by atoms with Gasteiger partial charge >= 0.3 is 11.9 Å². The minimum Gasteiger partial charge on any atom is -0.481 e. The Morgan fingerprint density at radius 2 is 1.56 bits per heavy atom. The van der Waals surface area contributed by atoms with Gasteiger partial charge in [-0.25, -0.2) is 4.79 Å². The fourth-order valence-corrected chi connectivity index (χ4v) is 2.78. The lowest BCUT2D eigenvalue weighted by molar-refractivity contribution is -0.142. The molecule has 0 aliphatic heterocycles. The molecule has 10 N–H and O–H groups in total. The third-order valence-electron chi connectivity index (χ3n) is 4.48. The predicted molar refractivity (Wildman–Crippen MR) is 116 cm³/mol. The molecule has 0 aromatic heterocycles. The first-order valence-corrected chi connectivity index (χ1v) is 10.0. The standard InChI is InChI=1S/C20H30N6O6/c21-13(8-9-16(27)28)17(29)25-14(7-4-10-24-20(22)23)18(30)26-15(19(31)32)11-12-5-2-1-3-6-12/h1-3,5-6,13-15H,4,7-11,21H2,(H,25,29)(H,26,30)(H,27,28)(H,31,32)(H4,22,23,24). The lowest BCUT2D eigenvalue weighted by atomic mass is 10.0. The quantitative estimate of drug-likeness (QED) is 0.0996. The van der Waals surface area contributed by atoms with Crippen molar-refractivity contribution >= 4 is 29.7 Å². The Balaban J connectivity index is 2.86. The molecule has 12 heteroatoms. The van der Waals surface area contributed by atoms with Crippen LogP contribution in [0.25, 0.3) is 0 Å². The first kappa shape index (κ1) is 26.4. The molecule has 32 heavy (non-hydrogen) atoms. The van der Waals surface area contributed by atoms with Gasteiger partial charge in [0.25, 0.3) is 0 Å². The van der Waals surface area contributed by atoms with Gasteiger partial charge < -0.3 is 38.0 Å². The molecule has 2 amide bonds. The Morgan fingerprint density at radius 3 is 2.12 bits per heavy atom. The van der Waals surface area contributed by atoms with Crippen LogP contribution in [-0.2, 0) is 25.6 Å². The monoisotopic (exact) mass is 450 g/mol. The van der Waals surface area contributed by atoms with E-state index in [1.807, 2.05) is 0 Å². The molecule has 0 radical (unpaired) electrons. The van der Waals surface area contributed by atoms with Gasteiger partial charge in [0.15, 0.2) is 5.96 Å². The van der Waals surface area contributed by atoms with E-state index in [2.05, 4.69) is 15.6 Å². The maximum Gasteiger partial charge on any atom is 0.326 e. The number of nitrogens with two attached hydrogens (primary N) is 3. The van der Waals surface area contributed by atoms with Crippen molar-refractivity contribution in [1.29, 1.82) is 0 Å². The molecule has 1 aromatic carbocycles. The number of rotatable bonds is 14. The van der Waals surface area contributed by atoms with Crippen molar-refractivity contribution < 1.29 is 29.4 Å². The topological polar surface area (TPSA) is 223 Å². The fraction of sp³-hybridized carbons (Fsp3) is 0.450. The van der Waals surface area contributed by atoms with E-state index < -0.39 is 41.9 Å². The summed E-state index contributed by atoms with van der Waals surface area (Å²) in [4.78, 5) is 51.3. The van der Waals surface area contributed by atoms with Gasteiger partial charge in [-0.2, -0.15) is 0 Å². The highest BCUT2D eigenvalue weighted by Crippen LogP contribution is 2.06. The second-order valence-corrected chi connectivity index (χ2v) is 7.14. The van der Waals surface area contributed by atoms with Crippen LogP contribution in [0, 0.1) is 0 Å². The molecule has 12 nitrogen and oxygen atoms in total. The second kappa shape index (κ2) is 13.6. The average molecular weight is 450 g/mol. The van der Waals surface area contributed by atoms with E-state index in [1.165, 1.54) is 0 Å². The third kappa shape index (κ3) is 10.4. The van der Waals surface area contributed by atoms with E-state index >= 15 is 0 Å². The summed E-state index contributed by atoms with van der Waals surface area (Å²) < 4.78 is 0. The van der Waals surface area contributed by atoms with Crippen molar-refractivity contribution in [3.63, 3.8) is 0 Å². The van der Waals surface area contributed by atoms with Crippen LogP contribution in [0.15, 0.2) is 35.3 Å². The summed E-state index contributed by atoms with van der Waals surface area (Å²) in [6.45, 7) is 0.194. The van der Waals surface area contributed by atoms with Gasteiger partial charge in [-0.1, -0.05) is 30.3 Å². The van der Waals surface area contributed by atoms with E-state index in [4.69, 9.17) is 22.3 Å². The van der Waals surface area contributed by atoms with Crippen LogP contribution in [0.3, 0.4) is 0 Å². The zero-order chi connectivity index (χ0) is 24.1. The zero-order valence-corrected chi connectivity index (χ0v) is 17.6. The van der Waals surface area contributed by atoms with Crippen LogP contribution >= 0.6 is 0 Å². The normalized spacial score (nSPS) is 13.3. The van der Waals surface area contributed by atoms with Crippen LogP contribution in [0.2, 0.25) is 0 Å². The Hall–Kier alpha value is -3.67. The second-order valence-electron chi connectivity index (χ2n) is 7.14. The number of aliphatic imine (C=N–C) groups is 1. The van der Waals surface area contributed by atoms with Crippen molar-refractivity contribution in [2.75, 3.05) is 6.54 Å². The molecule has 0 saturated carbocycles. The highest BCUT2D eigenvalue weighted by Gasteiger charge is 2.28. The number of carboxylic acid groups (broad SMARTS) is 2. The molecule has 0 aliphatic carbocycles. The van der Waals surface area contributed by atoms with Crippen LogP contribution in [0.1, 0.15) is 31.2 Å². The minimum atomic E-state index is -1.23. The number of carboxylic acids is 2. The lowest BCUT2D eigenvalue weighted by Gasteiger charge is -2.23. The Labute approximate surface area is 185 Å². The van der Waals surface area contributed by atoms with E-state index in [1.54, 1.807) is 30.3 Å². The van der Waals surface area contributed by atoms with Crippen molar-refractivity contribution in [1.82, 2.24) is 10.6 Å². The first-order valence-electron chi connectivity index (χ1n) is 10.0. The van der Waals surface area contributed by atoms with Gasteiger partial charge in [0.05, 0.1) is 6.04 Å². The van der Waals surface area contributed by atoms with Gasteiger partial charge in [0, 0.05) is 19.4 Å². The number of aliphatic carboxylic acids is 2. The number of guanidine groups is 1. The molecular weight excluding hydrogens is 420 g/mol. The molecule has 0 fully saturated rings.